The van der Waals surface area contributed by atoms with Crippen LogP contribution in [-0.4, -0.2) is 42.6 Å². The Labute approximate surface area is 111 Å². The quantitative estimate of drug-likeness (QED) is 0.813. The third-order valence-electron chi connectivity index (χ3n) is 3.42. The van der Waals surface area contributed by atoms with Crippen molar-refractivity contribution in [3.63, 3.8) is 0 Å². The molecule has 0 saturated carbocycles. The van der Waals surface area contributed by atoms with Crippen LogP contribution in [0.1, 0.15) is 40.5 Å². The summed E-state index contributed by atoms with van der Waals surface area (Å²) in [7, 11) is 0. The zero-order valence-corrected chi connectivity index (χ0v) is 12.2. The molecule has 1 aliphatic rings. The van der Waals surface area contributed by atoms with Crippen LogP contribution in [0.4, 0.5) is 0 Å². The Hall–Kier alpha value is -0.610. The van der Waals surface area contributed by atoms with Crippen LogP contribution in [0.2, 0.25) is 0 Å². The molecule has 0 aromatic heterocycles. The van der Waals surface area contributed by atoms with Gasteiger partial charge < -0.3 is 15.4 Å². The monoisotopic (exact) mass is 256 g/mol. The van der Waals surface area contributed by atoms with Crippen molar-refractivity contribution in [3.8, 4) is 0 Å². The Morgan fingerprint density at radius 2 is 1.83 bits per heavy atom. The lowest BCUT2D eigenvalue weighted by Crippen LogP contribution is -2.50. The molecule has 1 fully saturated rings. The molecule has 106 valence electrons. The van der Waals surface area contributed by atoms with Gasteiger partial charge in [-0.15, -0.1) is 0 Å². The minimum absolute atomic E-state index is 0.0901. The molecule has 1 heterocycles. The minimum Gasteiger partial charge on any atom is -0.378 e. The molecule has 0 spiro atoms. The van der Waals surface area contributed by atoms with E-state index in [9.17, 15) is 4.79 Å². The van der Waals surface area contributed by atoms with E-state index >= 15 is 0 Å². The molecule has 4 nitrogen and oxygen atoms in total. The first-order valence-corrected chi connectivity index (χ1v) is 7.07. The van der Waals surface area contributed by atoms with E-state index in [-0.39, 0.29) is 17.9 Å². The Bertz CT molecular complexity index is 259. The molecule has 1 atom stereocenters. The number of hydrogen-bond donors (Lipinski definition) is 1. The van der Waals surface area contributed by atoms with Crippen molar-refractivity contribution in [3.05, 3.63) is 0 Å². The van der Waals surface area contributed by atoms with Gasteiger partial charge >= 0.3 is 0 Å². The summed E-state index contributed by atoms with van der Waals surface area (Å²) in [4.78, 5) is 14.0. The number of rotatable bonds is 5. The van der Waals surface area contributed by atoms with Crippen LogP contribution in [-0.2, 0) is 9.53 Å². The van der Waals surface area contributed by atoms with Crippen molar-refractivity contribution in [2.75, 3.05) is 19.7 Å². The fourth-order valence-electron chi connectivity index (χ4n) is 2.07. The number of amides is 1. The molecule has 0 aromatic carbocycles. The zero-order chi connectivity index (χ0) is 13.7. The number of carbonyl (C=O) groups is 1. The summed E-state index contributed by atoms with van der Waals surface area (Å²) in [5.41, 5.74) is 5.90. The Morgan fingerprint density at radius 3 is 2.28 bits per heavy atom. The second kappa shape index (κ2) is 7.10. The van der Waals surface area contributed by atoms with E-state index in [4.69, 9.17) is 10.5 Å². The van der Waals surface area contributed by atoms with Gasteiger partial charge in [-0.3, -0.25) is 4.79 Å². The van der Waals surface area contributed by atoms with E-state index < -0.39 is 0 Å². The summed E-state index contributed by atoms with van der Waals surface area (Å²) < 4.78 is 5.81. The number of nitrogens with zero attached hydrogens (tertiary/aromatic N) is 1. The smallest absolute Gasteiger partial charge is 0.239 e. The van der Waals surface area contributed by atoms with E-state index in [0.717, 1.165) is 32.5 Å². The molecule has 1 amide bonds. The summed E-state index contributed by atoms with van der Waals surface area (Å²) in [6.07, 6.45) is 2.18. The second-order valence-electron chi connectivity index (χ2n) is 6.02. The highest BCUT2D eigenvalue weighted by atomic mass is 16.5. The Morgan fingerprint density at radius 1 is 1.28 bits per heavy atom. The van der Waals surface area contributed by atoms with Gasteiger partial charge in [0.25, 0.3) is 0 Å². The van der Waals surface area contributed by atoms with Crippen LogP contribution < -0.4 is 5.73 Å². The van der Waals surface area contributed by atoms with Gasteiger partial charge in [-0.2, -0.15) is 0 Å². The van der Waals surface area contributed by atoms with E-state index in [2.05, 4.69) is 13.8 Å². The highest BCUT2D eigenvalue weighted by Crippen LogP contribution is 2.16. The van der Waals surface area contributed by atoms with E-state index in [1.54, 1.807) is 0 Å². The Balaban J connectivity index is 2.32. The van der Waals surface area contributed by atoms with E-state index in [1.165, 1.54) is 0 Å². The minimum atomic E-state index is -0.363. The molecule has 2 N–H and O–H groups in total. The van der Waals surface area contributed by atoms with Crippen molar-refractivity contribution in [2.24, 2.45) is 17.6 Å². The fraction of sp³-hybridized carbons (Fsp3) is 0.929. The standard InChI is InChI=1S/C14H28N2O2/c1-10(2)9-18-12-5-7-16(8-6-12)14(17)13(15)11(3)4/h10-13H,5-9,15H2,1-4H3/t13-/m0/s1. The van der Waals surface area contributed by atoms with Crippen molar-refractivity contribution >= 4 is 5.91 Å². The van der Waals surface area contributed by atoms with Gasteiger partial charge in [0.2, 0.25) is 5.91 Å². The highest BCUT2D eigenvalue weighted by Gasteiger charge is 2.27. The molecular formula is C14H28N2O2. The first-order valence-electron chi connectivity index (χ1n) is 7.07. The number of piperidine rings is 1. The van der Waals surface area contributed by atoms with Gasteiger partial charge in [0.1, 0.15) is 0 Å². The van der Waals surface area contributed by atoms with E-state index in [1.807, 2.05) is 18.7 Å². The molecule has 4 heteroatoms. The van der Waals surface area contributed by atoms with Gasteiger partial charge in [-0.25, -0.2) is 0 Å². The maximum absolute atomic E-state index is 12.1. The number of carbonyl (C=O) groups excluding carboxylic acids is 1. The van der Waals surface area contributed by atoms with Gasteiger partial charge in [-0.05, 0) is 24.7 Å². The summed E-state index contributed by atoms with van der Waals surface area (Å²) in [6.45, 7) is 10.6. The van der Waals surface area contributed by atoms with Crippen LogP contribution >= 0.6 is 0 Å². The van der Waals surface area contributed by atoms with Gasteiger partial charge in [-0.1, -0.05) is 27.7 Å². The van der Waals surface area contributed by atoms with Crippen molar-refractivity contribution < 1.29 is 9.53 Å². The highest BCUT2D eigenvalue weighted by molar-refractivity contribution is 5.82. The summed E-state index contributed by atoms with van der Waals surface area (Å²) in [5, 5.41) is 0. The van der Waals surface area contributed by atoms with Crippen LogP contribution in [0.15, 0.2) is 0 Å². The SMILES string of the molecule is CC(C)COC1CCN(C(=O)[C@@H](N)C(C)C)CC1. The maximum Gasteiger partial charge on any atom is 0.239 e. The van der Waals surface area contributed by atoms with Gasteiger partial charge in [0.05, 0.1) is 12.1 Å². The van der Waals surface area contributed by atoms with Crippen molar-refractivity contribution in [2.45, 2.75) is 52.7 Å². The van der Waals surface area contributed by atoms with Crippen LogP contribution in [0.3, 0.4) is 0 Å². The summed E-state index contributed by atoms with van der Waals surface area (Å²) in [6, 6.07) is -0.363. The first-order chi connectivity index (χ1) is 8.41. The largest absolute Gasteiger partial charge is 0.378 e. The average Bonchev–Trinajstić information content (AvgIpc) is 2.35. The molecule has 1 rings (SSSR count). The van der Waals surface area contributed by atoms with Crippen molar-refractivity contribution in [1.29, 1.82) is 0 Å². The van der Waals surface area contributed by atoms with Crippen molar-refractivity contribution in [1.82, 2.24) is 4.90 Å². The maximum atomic E-state index is 12.1. The summed E-state index contributed by atoms with van der Waals surface area (Å²) >= 11 is 0. The van der Waals surface area contributed by atoms with Crippen LogP contribution in [0.5, 0.6) is 0 Å². The van der Waals surface area contributed by atoms with Gasteiger partial charge in [0.15, 0.2) is 0 Å². The predicted octanol–water partition coefficient (Wildman–Crippen LogP) is 1.63. The predicted molar refractivity (Wildman–Crippen MR) is 73.2 cm³/mol. The third kappa shape index (κ3) is 4.58. The number of ether oxygens (including phenoxy) is 1. The lowest BCUT2D eigenvalue weighted by molar-refractivity contribution is -0.136. The molecule has 1 aliphatic heterocycles. The normalized spacial score (nSPS) is 19.6. The molecule has 0 radical (unpaired) electrons. The van der Waals surface area contributed by atoms with Crippen LogP contribution in [0, 0.1) is 11.8 Å². The number of likely N-dealkylation sites (tertiary alicyclic amines) is 1. The second-order valence-corrected chi connectivity index (χ2v) is 6.02. The fourth-order valence-corrected chi connectivity index (χ4v) is 2.07. The number of nitrogens with two attached hydrogens (primary N) is 1. The summed E-state index contributed by atoms with van der Waals surface area (Å²) in [5.74, 6) is 0.860. The topological polar surface area (TPSA) is 55.6 Å². The molecule has 0 unspecified atom stereocenters. The molecular weight excluding hydrogens is 228 g/mol. The van der Waals surface area contributed by atoms with E-state index in [0.29, 0.717) is 12.0 Å². The lowest BCUT2D eigenvalue weighted by Gasteiger charge is -2.34. The number of hydrogen-bond acceptors (Lipinski definition) is 3. The molecule has 0 aromatic rings. The van der Waals surface area contributed by atoms with Gasteiger partial charge in [0, 0.05) is 19.7 Å². The Kier molecular flexibility index (Phi) is 6.09. The van der Waals surface area contributed by atoms with Crippen LogP contribution in [0.25, 0.3) is 0 Å². The molecule has 0 aliphatic carbocycles. The third-order valence-corrected chi connectivity index (χ3v) is 3.42. The lowest BCUT2D eigenvalue weighted by atomic mass is 10.0. The average molecular weight is 256 g/mol. The molecule has 18 heavy (non-hydrogen) atoms. The molecule has 1 saturated heterocycles. The first kappa shape index (κ1) is 15.4. The molecule has 0 bridgehead atoms. The zero-order valence-electron chi connectivity index (χ0n) is 12.2.